The van der Waals surface area contributed by atoms with E-state index in [9.17, 15) is 0 Å². The lowest BCUT2D eigenvalue weighted by atomic mass is 9.79. The summed E-state index contributed by atoms with van der Waals surface area (Å²) in [5.41, 5.74) is 9.17. The molecule has 1 aliphatic rings. The monoisotopic (exact) mass is 313 g/mol. The number of aromatic nitrogens is 2. The van der Waals surface area contributed by atoms with Crippen molar-refractivity contribution in [2.45, 2.75) is 58.4 Å². The Morgan fingerprint density at radius 3 is 2.56 bits per heavy atom. The van der Waals surface area contributed by atoms with E-state index in [-0.39, 0.29) is 6.04 Å². The van der Waals surface area contributed by atoms with E-state index in [2.05, 4.69) is 34.9 Å². The smallest absolute Gasteiger partial charge is 0.0766 e. The van der Waals surface area contributed by atoms with Crippen molar-refractivity contribution in [1.82, 2.24) is 9.78 Å². The minimum absolute atomic E-state index is 0.233. The molecule has 4 heteroatoms. The van der Waals surface area contributed by atoms with Crippen LogP contribution in [0.5, 0.6) is 0 Å². The molecule has 1 unspecified atom stereocenters. The number of nitrogens with two attached hydrogens (primary N) is 1. The highest BCUT2D eigenvalue weighted by Crippen LogP contribution is 2.41. The molecule has 0 radical (unpaired) electrons. The Morgan fingerprint density at radius 1 is 1.44 bits per heavy atom. The lowest BCUT2D eigenvalue weighted by Crippen LogP contribution is -2.39. The Kier molecular flexibility index (Phi) is 4.17. The molecule has 1 aromatic rings. The summed E-state index contributed by atoms with van der Waals surface area (Å²) in [6.07, 6.45) is 7.07. The van der Waals surface area contributed by atoms with E-state index < -0.39 is 0 Å². The molecule has 1 fully saturated rings. The first-order chi connectivity index (χ1) is 8.48. The van der Waals surface area contributed by atoms with Gasteiger partial charge in [-0.15, -0.1) is 0 Å². The van der Waals surface area contributed by atoms with E-state index in [1.165, 1.54) is 31.4 Å². The summed E-state index contributed by atoms with van der Waals surface area (Å²) >= 11 is 3.68. The molecule has 1 saturated carbocycles. The van der Waals surface area contributed by atoms with Gasteiger partial charge in [-0.05, 0) is 40.6 Å². The first-order valence-corrected chi connectivity index (χ1v) is 7.73. The highest BCUT2D eigenvalue weighted by atomic mass is 79.9. The van der Waals surface area contributed by atoms with Crippen molar-refractivity contribution in [2.24, 2.45) is 18.2 Å². The van der Waals surface area contributed by atoms with E-state index in [4.69, 9.17) is 5.73 Å². The zero-order valence-electron chi connectivity index (χ0n) is 11.7. The summed E-state index contributed by atoms with van der Waals surface area (Å²) in [7, 11) is 2.02. The molecule has 2 N–H and O–H groups in total. The Bertz CT molecular complexity index is 419. The van der Waals surface area contributed by atoms with Gasteiger partial charge in [-0.2, -0.15) is 5.10 Å². The molecular formula is C14H24BrN3. The lowest BCUT2D eigenvalue weighted by molar-refractivity contribution is 0.257. The minimum atomic E-state index is 0.233. The van der Waals surface area contributed by atoms with Crippen LogP contribution in [0.4, 0.5) is 0 Å². The van der Waals surface area contributed by atoms with Gasteiger partial charge in [-0.25, -0.2) is 0 Å². The number of aryl methyl sites for hydroxylation is 2. The zero-order chi connectivity index (χ0) is 13.3. The molecular weight excluding hydrogens is 290 g/mol. The maximum Gasteiger partial charge on any atom is 0.0766 e. The van der Waals surface area contributed by atoms with Gasteiger partial charge in [0, 0.05) is 19.5 Å². The second-order valence-electron chi connectivity index (χ2n) is 5.86. The summed E-state index contributed by atoms with van der Waals surface area (Å²) in [6.45, 7) is 4.48. The van der Waals surface area contributed by atoms with Crippen molar-refractivity contribution in [1.29, 1.82) is 0 Å². The standard InChI is InChI=1S/C14H24BrN3/c1-4-10-13(15)11(18(3)17-10)9-12(16)14(2)7-5-6-8-14/h12H,4-9,16H2,1-3H3. The van der Waals surface area contributed by atoms with Crippen LogP contribution in [-0.2, 0) is 19.9 Å². The molecule has 102 valence electrons. The van der Waals surface area contributed by atoms with Gasteiger partial charge in [0.1, 0.15) is 0 Å². The Hall–Kier alpha value is -0.350. The maximum atomic E-state index is 6.47. The largest absolute Gasteiger partial charge is 0.327 e. The van der Waals surface area contributed by atoms with Gasteiger partial charge in [-0.3, -0.25) is 4.68 Å². The summed E-state index contributed by atoms with van der Waals surface area (Å²) < 4.78 is 3.14. The van der Waals surface area contributed by atoms with Gasteiger partial charge in [-0.1, -0.05) is 26.7 Å². The molecule has 0 spiro atoms. The number of halogens is 1. The molecule has 1 aromatic heterocycles. The van der Waals surface area contributed by atoms with Gasteiger partial charge < -0.3 is 5.73 Å². The third-order valence-electron chi connectivity index (χ3n) is 4.56. The fraction of sp³-hybridized carbons (Fsp3) is 0.786. The molecule has 2 rings (SSSR count). The average molecular weight is 314 g/mol. The van der Waals surface area contributed by atoms with E-state index >= 15 is 0 Å². The summed E-state index contributed by atoms with van der Waals surface area (Å²) in [5.74, 6) is 0. The van der Waals surface area contributed by atoms with Crippen molar-refractivity contribution in [3.63, 3.8) is 0 Å². The van der Waals surface area contributed by atoms with Crippen molar-refractivity contribution >= 4 is 15.9 Å². The van der Waals surface area contributed by atoms with Gasteiger partial charge in [0.15, 0.2) is 0 Å². The van der Waals surface area contributed by atoms with Crippen molar-refractivity contribution < 1.29 is 0 Å². The topological polar surface area (TPSA) is 43.8 Å². The van der Waals surface area contributed by atoms with Crippen LogP contribution in [0.1, 0.15) is 50.9 Å². The average Bonchev–Trinajstić information content (AvgIpc) is 2.89. The van der Waals surface area contributed by atoms with E-state index in [0.29, 0.717) is 5.41 Å². The Labute approximate surface area is 118 Å². The van der Waals surface area contributed by atoms with Crippen LogP contribution in [0.25, 0.3) is 0 Å². The second kappa shape index (κ2) is 5.33. The van der Waals surface area contributed by atoms with Crippen molar-refractivity contribution in [3.05, 3.63) is 15.9 Å². The lowest BCUT2D eigenvalue weighted by Gasteiger charge is -2.31. The highest BCUT2D eigenvalue weighted by Gasteiger charge is 2.35. The first-order valence-electron chi connectivity index (χ1n) is 6.93. The SMILES string of the molecule is CCc1nn(C)c(CC(N)C2(C)CCCC2)c1Br. The number of nitrogens with zero attached hydrogens (tertiary/aromatic N) is 2. The van der Waals surface area contributed by atoms with Crippen LogP contribution >= 0.6 is 15.9 Å². The van der Waals surface area contributed by atoms with Crippen LogP contribution in [-0.4, -0.2) is 15.8 Å². The highest BCUT2D eigenvalue weighted by molar-refractivity contribution is 9.10. The second-order valence-corrected chi connectivity index (χ2v) is 6.65. The molecule has 1 atom stereocenters. The molecule has 0 saturated heterocycles. The molecule has 3 nitrogen and oxygen atoms in total. The summed E-state index contributed by atoms with van der Waals surface area (Å²) in [4.78, 5) is 0. The molecule has 18 heavy (non-hydrogen) atoms. The number of rotatable bonds is 4. The van der Waals surface area contributed by atoms with Gasteiger partial charge in [0.25, 0.3) is 0 Å². The Morgan fingerprint density at radius 2 is 2.06 bits per heavy atom. The molecule has 0 bridgehead atoms. The quantitative estimate of drug-likeness (QED) is 0.927. The molecule has 0 amide bonds. The fourth-order valence-corrected chi connectivity index (χ4v) is 3.83. The maximum absolute atomic E-state index is 6.47. The van der Waals surface area contributed by atoms with Crippen LogP contribution < -0.4 is 5.73 Å². The van der Waals surface area contributed by atoms with Gasteiger partial charge >= 0.3 is 0 Å². The molecule has 1 aliphatic carbocycles. The normalized spacial score (nSPS) is 20.3. The fourth-order valence-electron chi connectivity index (χ4n) is 3.05. The first kappa shape index (κ1) is 14.1. The van der Waals surface area contributed by atoms with Crippen LogP contribution in [0.3, 0.4) is 0 Å². The van der Waals surface area contributed by atoms with Gasteiger partial charge in [0.2, 0.25) is 0 Å². The zero-order valence-corrected chi connectivity index (χ0v) is 13.3. The Balaban J connectivity index is 2.16. The number of hydrogen-bond acceptors (Lipinski definition) is 2. The molecule has 1 heterocycles. The number of hydrogen-bond donors (Lipinski definition) is 1. The third kappa shape index (κ3) is 2.50. The van der Waals surface area contributed by atoms with E-state index in [1.807, 2.05) is 11.7 Å². The van der Waals surface area contributed by atoms with E-state index in [1.54, 1.807) is 0 Å². The molecule has 0 aromatic carbocycles. The molecule has 0 aliphatic heterocycles. The van der Waals surface area contributed by atoms with Crippen LogP contribution in [0.2, 0.25) is 0 Å². The predicted molar refractivity (Wildman–Crippen MR) is 78.5 cm³/mol. The predicted octanol–water partition coefficient (Wildman–Crippen LogP) is 3.20. The van der Waals surface area contributed by atoms with Crippen molar-refractivity contribution in [2.75, 3.05) is 0 Å². The summed E-state index contributed by atoms with van der Waals surface area (Å²) in [6, 6.07) is 0.233. The van der Waals surface area contributed by atoms with Crippen LogP contribution in [0, 0.1) is 5.41 Å². The minimum Gasteiger partial charge on any atom is -0.327 e. The van der Waals surface area contributed by atoms with Crippen molar-refractivity contribution in [3.8, 4) is 0 Å². The van der Waals surface area contributed by atoms with Crippen LogP contribution in [0.15, 0.2) is 4.47 Å². The summed E-state index contributed by atoms with van der Waals surface area (Å²) in [5, 5.41) is 4.55. The van der Waals surface area contributed by atoms with Gasteiger partial charge in [0.05, 0.1) is 15.9 Å². The van der Waals surface area contributed by atoms with E-state index in [0.717, 1.165) is 23.0 Å². The third-order valence-corrected chi connectivity index (χ3v) is 5.47.